The van der Waals surface area contributed by atoms with Crippen LogP contribution in [0.5, 0.6) is 5.75 Å². The molecule has 0 atom stereocenters. The van der Waals surface area contributed by atoms with Crippen LogP contribution in [0.25, 0.3) is 11.4 Å². The lowest BCUT2D eigenvalue weighted by Gasteiger charge is -2.09. The van der Waals surface area contributed by atoms with E-state index < -0.39 is 0 Å². The molecule has 0 aliphatic carbocycles. The van der Waals surface area contributed by atoms with Gasteiger partial charge in [0.05, 0.1) is 12.7 Å². The average molecular weight is 276 g/mol. The van der Waals surface area contributed by atoms with Crippen molar-refractivity contribution >= 4 is 24.0 Å². The summed E-state index contributed by atoms with van der Waals surface area (Å²) in [7, 11) is 1.66. The molecule has 1 N–H and O–H groups in total. The topological polar surface area (TPSA) is 37.9 Å². The second-order valence-electron chi connectivity index (χ2n) is 4.04. The monoisotopic (exact) mass is 276 g/mol. The van der Waals surface area contributed by atoms with E-state index in [1.54, 1.807) is 7.11 Å². The molecule has 3 nitrogen and oxygen atoms in total. The molecule has 2 aromatic rings. The number of hydrogen-bond acceptors (Lipinski definition) is 4. The van der Waals surface area contributed by atoms with Gasteiger partial charge >= 0.3 is 0 Å². The Morgan fingerprint density at radius 3 is 3.00 bits per heavy atom. The zero-order valence-corrected chi connectivity index (χ0v) is 11.5. The minimum Gasteiger partial charge on any atom is -0.496 e. The Labute approximate surface area is 115 Å². The molecule has 3 rings (SSSR count). The van der Waals surface area contributed by atoms with Crippen molar-refractivity contribution < 1.29 is 4.74 Å². The van der Waals surface area contributed by atoms with Crippen molar-refractivity contribution in [1.82, 2.24) is 9.97 Å². The highest BCUT2D eigenvalue weighted by molar-refractivity contribution is 7.98. The third kappa shape index (κ3) is 1.93. The lowest BCUT2D eigenvalue weighted by Crippen LogP contribution is -1.98. The number of nitrogens with one attached hydrogen (secondary N) is 1. The van der Waals surface area contributed by atoms with Crippen LogP contribution in [0.15, 0.2) is 24.3 Å². The minimum absolute atomic E-state index is 0.703. The third-order valence-electron chi connectivity index (χ3n) is 2.96. The van der Waals surface area contributed by atoms with Crippen molar-refractivity contribution in [3.05, 3.63) is 40.2 Å². The molecule has 0 fully saturated rings. The van der Waals surface area contributed by atoms with Crippen LogP contribution in [0.3, 0.4) is 0 Å². The predicted octanol–water partition coefficient (Wildman–Crippen LogP) is 3.56. The maximum Gasteiger partial charge on any atom is 0.142 e. The number of aromatic nitrogens is 2. The van der Waals surface area contributed by atoms with E-state index in [0.717, 1.165) is 28.6 Å². The summed E-state index contributed by atoms with van der Waals surface area (Å²) in [6.07, 6.45) is 0. The van der Waals surface area contributed by atoms with Gasteiger partial charge in [-0.05, 0) is 12.1 Å². The first-order chi connectivity index (χ1) is 8.79. The van der Waals surface area contributed by atoms with E-state index in [1.807, 2.05) is 36.0 Å². The van der Waals surface area contributed by atoms with Crippen LogP contribution in [-0.4, -0.2) is 17.1 Å². The largest absolute Gasteiger partial charge is 0.496 e. The van der Waals surface area contributed by atoms with Gasteiger partial charge in [0, 0.05) is 22.8 Å². The van der Waals surface area contributed by atoms with Crippen molar-refractivity contribution in [2.75, 3.05) is 7.11 Å². The molecule has 5 heteroatoms. The van der Waals surface area contributed by atoms with Crippen molar-refractivity contribution in [3.8, 4) is 17.1 Å². The third-order valence-corrected chi connectivity index (χ3v) is 4.28. The van der Waals surface area contributed by atoms with Crippen LogP contribution in [0.4, 0.5) is 0 Å². The van der Waals surface area contributed by atoms with Gasteiger partial charge in [-0.25, -0.2) is 4.98 Å². The molecule has 0 saturated carbocycles. The number of H-pyrrole nitrogens is 1. The molecule has 0 spiro atoms. The molecule has 0 bridgehead atoms. The highest BCUT2D eigenvalue weighted by atomic mass is 32.2. The van der Waals surface area contributed by atoms with Crippen LogP contribution < -0.4 is 4.74 Å². The second kappa shape index (κ2) is 4.74. The van der Waals surface area contributed by atoms with E-state index in [-0.39, 0.29) is 0 Å². The quantitative estimate of drug-likeness (QED) is 0.851. The lowest BCUT2D eigenvalue weighted by atomic mass is 10.1. The number of benzene rings is 1. The molecule has 1 aliphatic rings. The maximum atomic E-state index is 5.36. The maximum absolute atomic E-state index is 5.36. The highest BCUT2D eigenvalue weighted by Crippen LogP contribution is 2.32. The number of hydrogen-bond donors (Lipinski definition) is 1. The summed E-state index contributed by atoms with van der Waals surface area (Å²) in [6, 6.07) is 7.83. The zero-order valence-electron chi connectivity index (χ0n) is 9.90. The van der Waals surface area contributed by atoms with Crippen LogP contribution in [0.1, 0.15) is 11.3 Å². The Balaban J connectivity index is 2.18. The van der Waals surface area contributed by atoms with E-state index in [2.05, 4.69) is 9.97 Å². The van der Waals surface area contributed by atoms with Gasteiger partial charge in [-0.15, -0.1) is 0 Å². The number of aromatic amines is 1. The Bertz CT molecular complexity index is 652. The number of fused-ring (bicyclic) bond motifs is 1. The van der Waals surface area contributed by atoms with Gasteiger partial charge in [-0.1, -0.05) is 24.4 Å². The van der Waals surface area contributed by atoms with Gasteiger partial charge in [-0.3, -0.25) is 0 Å². The van der Waals surface area contributed by atoms with Crippen LogP contribution in [-0.2, 0) is 11.5 Å². The van der Waals surface area contributed by atoms with Gasteiger partial charge < -0.3 is 9.72 Å². The zero-order chi connectivity index (χ0) is 12.5. The summed E-state index contributed by atoms with van der Waals surface area (Å²) < 4.78 is 6.06. The highest BCUT2D eigenvalue weighted by Gasteiger charge is 2.17. The first kappa shape index (κ1) is 11.7. The standard InChI is InChI=1S/C13H12N2OS2/c1-16-11-5-3-2-4-8(11)12-14-10-7-18-6-9(10)13(17)15-12/h2-5H,6-7H2,1H3,(H,14,15,17). The second-order valence-corrected chi connectivity index (χ2v) is 5.41. The molecule has 1 aromatic heterocycles. The molecule has 1 aromatic carbocycles. The fraction of sp³-hybridized carbons (Fsp3) is 0.231. The molecular formula is C13H12N2OS2. The molecule has 0 amide bonds. The summed E-state index contributed by atoms with van der Waals surface area (Å²) in [6.45, 7) is 0. The molecule has 18 heavy (non-hydrogen) atoms. The normalized spacial score (nSPS) is 13.4. The first-order valence-corrected chi connectivity index (χ1v) is 7.19. The van der Waals surface area contributed by atoms with Crippen molar-refractivity contribution in [3.63, 3.8) is 0 Å². The Kier molecular flexibility index (Phi) is 3.09. The number of nitrogens with zero attached hydrogens (tertiary/aromatic N) is 1. The summed E-state index contributed by atoms with van der Waals surface area (Å²) in [4.78, 5) is 7.87. The van der Waals surface area contributed by atoms with Crippen molar-refractivity contribution in [2.45, 2.75) is 11.5 Å². The summed E-state index contributed by atoms with van der Waals surface area (Å²) >= 11 is 7.22. The van der Waals surface area contributed by atoms with Crippen LogP contribution in [0.2, 0.25) is 0 Å². The van der Waals surface area contributed by atoms with E-state index in [4.69, 9.17) is 17.0 Å². The van der Waals surface area contributed by atoms with Gasteiger partial charge in [-0.2, -0.15) is 11.8 Å². The van der Waals surface area contributed by atoms with Gasteiger partial charge in [0.1, 0.15) is 16.2 Å². The molecular weight excluding hydrogens is 264 g/mol. The molecule has 1 aliphatic heterocycles. The first-order valence-electron chi connectivity index (χ1n) is 5.63. The number of methoxy groups -OCH3 is 1. The van der Waals surface area contributed by atoms with Gasteiger partial charge in [0.2, 0.25) is 0 Å². The number of thioether (sulfide) groups is 1. The number of ether oxygens (including phenoxy) is 1. The SMILES string of the molecule is COc1ccccc1-c1nc(=S)c2c([nH]1)CSC2. The fourth-order valence-corrected chi connectivity index (χ4v) is 3.49. The summed E-state index contributed by atoms with van der Waals surface area (Å²) in [5.74, 6) is 3.54. The molecule has 0 saturated heterocycles. The van der Waals surface area contributed by atoms with Crippen LogP contribution >= 0.6 is 24.0 Å². The predicted molar refractivity (Wildman–Crippen MR) is 76.4 cm³/mol. The van der Waals surface area contributed by atoms with Crippen molar-refractivity contribution in [2.24, 2.45) is 0 Å². The minimum atomic E-state index is 0.703. The molecule has 0 unspecified atom stereocenters. The Hall–Kier alpha value is -1.33. The molecule has 2 heterocycles. The Morgan fingerprint density at radius 2 is 2.17 bits per heavy atom. The van der Waals surface area contributed by atoms with E-state index >= 15 is 0 Å². The van der Waals surface area contributed by atoms with E-state index in [1.165, 1.54) is 11.3 Å². The van der Waals surface area contributed by atoms with Gasteiger partial charge in [0.15, 0.2) is 0 Å². The van der Waals surface area contributed by atoms with Gasteiger partial charge in [0.25, 0.3) is 0 Å². The van der Waals surface area contributed by atoms with Crippen LogP contribution in [0, 0.1) is 4.64 Å². The number of rotatable bonds is 2. The Morgan fingerprint density at radius 1 is 1.33 bits per heavy atom. The lowest BCUT2D eigenvalue weighted by molar-refractivity contribution is 0.416. The fourth-order valence-electron chi connectivity index (χ4n) is 2.04. The summed E-state index contributed by atoms with van der Waals surface area (Å²) in [5.41, 5.74) is 3.32. The smallest absolute Gasteiger partial charge is 0.142 e. The number of para-hydroxylation sites is 1. The molecule has 0 radical (unpaired) electrons. The van der Waals surface area contributed by atoms with E-state index in [9.17, 15) is 0 Å². The average Bonchev–Trinajstić information content (AvgIpc) is 2.87. The van der Waals surface area contributed by atoms with E-state index in [0.29, 0.717) is 4.64 Å². The van der Waals surface area contributed by atoms with Crippen molar-refractivity contribution in [1.29, 1.82) is 0 Å². The summed E-state index contributed by atoms with van der Waals surface area (Å²) in [5, 5.41) is 0. The molecule has 92 valence electrons.